The van der Waals surface area contributed by atoms with Crippen molar-refractivity contribution in [2.45, 2.75) is 25.7 Å². The van der Waals surface area contributed by atoms with Crippen molar-refractivity contribution in [3.8, 4) is 0 Å². The van der Waals surface area contributed by atoms with Gasteiger partial charge in [0.25, 0.3) is 0 Å². The van der Waals surface area contributed by atoms with E-state index in [9.17, 15) is 4.79 Å². The van der Waals surface area contributed by atoms with Crippen LogP contribution in [0.4, 0.5) is 10.5 Å². The van der Waals surface area contributed by atoms with Crippen molar-refractivity contribution < 1.29 is 4.79 Å². The fraction of sp³-hybridized carbons (Fsp3) is 0.632. The molecule has 6 heteroatoms. The summed E-state index contributed by atoms with van der Waals surface area (Å²) in [5.41, 5.74) is 1.25. The first-order valence-corrected chi connectivity index (χ1v) is 10.2. The highest BCUT2D eigenvalue weighted by Gasteiger charge is 2.23. The molecule has 2 aliphatic rings. The molecule has 2 aliphatic heterocycles. The minimum Gasteiger partial charge on any atom is -0.371 e. The topological polar surface area (TPSA) is 47.6 Å². The lowest BCUT2D eigenvalue weighted by Crippen LogP contribution is -2.43. The normalized spacial score (nSPS) is 21.3. The predicted molar refractivity (Wildman–Crippen MR) is 106 cm³/mol. The molecule has 0 aromatic heterocycles. The monoisotopic (exact) mass is 408 g/mol. The largest absolute Gasteiger partial charge is 0.371 e. The summed E-state index contributed by atoms with van der Waals surface area (Å²) in [5, 5.41) is 6.03. The van der Waals surface area contributed by atoms with Crippen LogP contribution in [-0.4, -0.2) is 56.7 Å². The summed E-state index contributed by atoms with van der Waals surface area (Å²) in [7, 11) is 0. The van der Waals surface area contributed by atoms with Crippen LogP contribution in [0.2, 0.25) is 0 Å². The molecule has 0 radical (unpaired) electrons. The molecular weight excluding hydrogens is 380 g/mol. The Hall–Kier alpha value is -1.27. The molecule has 2 amide bonds. The number of piperidine rings is 1. The summed E-state index contributed by atoms with van der Waals surface area (Å²) in [5.74, 6) is 0.520. The van der Waals surface area contributed by atoms with Crippen LogP contribution in [0.5, 0.6) is 0 Å². The third-order valence-electron chi connectivity index (χ3n) is 5.17. The van der Waals surface area contributed by atoms with Crippen LogP contribution < -0.4 is 15.5 Å². The second-order valence-corrected chi connectivity index (χ2v) is 8.04. The van der Waals surface area contributed by atoms with Gasteiger partial charge < -0.3 is 20.4 Å². The fourth-order valence-corrected chi connectivity index (χ4v) is 4.10. The van der Waals surface area contributed by atoms with E-state index in [1.54, 1.807) is 0 Å². The number of carbonyl (C=O) groups excluding carboxylic acids is 1. The Morgan fingerprint density at radius 2 is 2.00 bits per heavy atom. The molecule has 0 spiro atoms. The fourth-order valence-electron chi connectivity index (χ4n) is 3.72. The van der Waals surface area contributed by atoms with E-state index >= 15 is 0 Å². The first kappa shape index (κ1) is 18.5. The molecule has 2 fully saturated rings. The summed E-state index contributed by atoms with van der Waals surface area (Å²) >= 11 is 3.53. The van der Waals surface area contributed by atoms with Gasteiger partial charge in [-0.25, -0.2) is 4.79 Å². The molecule has 0 saturated carbocycles. The molecule has 2 heterocycles. The van der Waals surface area contributed by atoms with Crippen LogP contribution >= 0.6 is 15.9 Å². The summed E-state index contributed by atoms with van der Waals surface area (Å²) < 4.78 is 1.11. The van der Waals surface area contributed by atoms with Crippen molar-refractivity contribution in [3.63, 3.8) is 0 Å². The Bertz CT molecular complexity index is 562. The number of amides is 2. The van der Waals surface area contributed by atoms with Gasteiger partial charge in [-0.15, -0.1) is 0 Å². The quantitative estimate of drug-likeness (QED) is 0.760. The second kappa shape index (κ2) is 9.43. The van der Waals surface area contributed by atoms with Crippen LogP contribution in [0.15, 0.2) is 28.7 Å². The molecule has 0 aliphatic carbocycles. The highest BCUT2D eigenvalue weighted by molar-refractivity contribution is 9.10. The summed E-state index contributed by atoms with van der Waals surface area (Å²) in [6, 6.07) is 8.39. The molecule has 1 atom stereocenters. The van der Waals surface area contributed by atoms with Crippen LogP contribution in [-0.2, 0) is 0 Å². The number of nitrogens with one attached hydrogen (secondary N) is 2. The van der Waals surface area contributed by atoms with E-state index in [0.717, 1.165) is 43.6 Å². The number of hydrogen-bond acceptors (Lipinski definition) is 3. The molecule has 138 valence electrons. The van der Waals surface area contributed by atoms with Gasteiger partial charge in [-0.1, -0.05) is 28.4 Å². The number of rotatable bonds is 6. The Morgan fingerprint density at radius 1 is 1.16 bits per heavy atom. The van der Waals surface area contributed by atoms with Crippen molar-refractivity contribution in [3.05, 3.63) is 28.7 Å². The van der Waals surface area contributed by atoms with Gasteiger partial charge in [0.1, 0.15) is 0 Å². The Labute approximate surface area is 159 Å². The van der Waals surface area contributed by atoms with Gasteiger partial charge in [0.05, 0.1) is 0 Å². The molecular formula is C19H29BrN4O. The van der Waals surface area contributed by atoms with E-state index in [2.05, 4.69) is 54.6 Å². The lowest BCUT2D eigenvalue weighted by atomic mass is 10.1. The number of likely N-dealkylation sites (tertiary alicyclic amines) is 1. The minimum atomic E-state index is -0.0297. The van der Waals surface area contributed by atoms with E-state index < -0.39 is 0 Å². The second-order valence-electron chi connectivity index (χ2n) is 7.12. The number of benzene rings is 1. The smallest absolute Gasteiger partial charge is 0.314 e. The number of halogens is 1. The van der Waals surface area contributed by atoms with Gasteiger partial charge >= 0.3 is 6.03 Å². The highest BCUT2D eigenvalue weighted by Crippen LogP contribution is 2.25. The van der Waals surface area contributed by atoms with Gasteiger partial charge in [-0.3, -0.25) is 0 Å². The van der Waals surface area contributed by atoms with Crippen molar-refractivity contribution in [2.75, 3.05) is 50.7 Å². The van der Waals surface area contributed by atoms with E-state index in [1.165, 1.54) is 38.0 Å². The summed E-state index contributed by atoms with van der Waals surface area (Å²) in [4.78, 5) is 16.8. The van der Waals surface area contributed by atoms with E-state index in [4.69, 9.17) is 0 Å². The summed E-state index contributed by atoms with van der Waals surface area (Å²) in [6.07, 6.45) is 5.06. The van der Waals surface area contributed by atoms with Crippen molar-refractivity contribution >= 4 is 27.6 Å². The number of anilines is 1. The SMILES string of the molecule is O=C(NCCN1CCCCC1)NCC1CCN(c2cccc(Br)c2)C1. The van der Waals surface area contributed by atoms with Crippen molar-refractivity contribution in [1.29, 1.82) is 0 Å². The first-order chi connectivity index (χ1) is 12.2. The van der Waals surface area contributed by atoms with E-state index in [1.807, 2.05) is 6.07 Å². The third-order valence-corrected chi connectivity index (χ3v) is 5.67. The molecule has 1 aromatic rings. The number of carbonyl (C=O) groups is 1. The maximum Gasteiger partial charge on any atom is 0.314 e. The van der Waals surface area contributed by atoms with Crippen LogP contribution in [0.1, 0.15) is 25.7 Å². The molecule has 1 unspecified atom stereocenters. The zero-order valence-corrected chi connectivity index (χ0v) is 16.4. The molecule has 3 rings (SSSR count). The minimum absolute atomic E-state index is 0.0297. The summed E-state index contributed by atoms with van der Waals surface area (Å²) in [6.45, 7) is 6.87. The third kappa shape index (κ3) is 5.89. The Morgan fingerprint density at radius 3 is 2.80 bits per heavy atom. The average Bonchev–Trinajstić information content (AvgIpc) is 3.10. The van der Waals surface area contributed by atoms with Crippen molar-refractivity contribution in [1.82, 2.24) is 15.5 Å². The van der Waals surface area contributed by atoms with Gasteiger partial charge in [-0.2, -0.15) is 0 Å². The number of urea groups is 1. The molecule has 25 heavy (non-hydrogen) atoms. The van der Waals surface area contributed by atoms with Gasteiger partial charge in [0, 0.05) is 42.9 Å². The molecule has 1 aromatic carbocycles. The number of hydrogen-bond donors (Lipinski definition) is 2. The molecule has 0 bridgehead atoms. The molecule has 5 nitrogen and oxygen atoms in total. The predicted octanol–water partition coefficient (Wildman–Crippen LogP) is 3.06. The number of nitrogens with zero attached hydrogens (tertiary/aromatic N) is 2. The van der Waals surface area contributed by atoms with Crippen LogP contribution in [0, 0.1) is 5.92 Å². The lowest BCUT2D eigenvalue weighted by molar-refractivity contribution is 0.220. The highest BCUT2D eigenvalue weighted by atomic mass is 79.9. The standard InChI is InChI=1S/C19H29BrN4O/c20-17-5-4-6-18(13-17)24-11-7-16(15-24)14-22-19(25)21-8-12-23-9-2-1-3-10-23/h4-6,13,16H,1-3,7-12,14-15H2,(H2,21,22,25). The van der Waals surface area contributed by atoms with Gasteiger partial charge in [0.15, 0.2) is 0 Å². The Balaban J connectivity index is 1.31. The lowest BCUT2D eigenvalue weighted by Gasteiger charge is -2.26. The maximum atomic E-state index is 12.0. The van der Waals surface area contributed by atoms with E-state index in [-0.39, 0.29) is 6.03 Å². The van der Waals surface area contributed by atoms with Gasteiger partial charge in [-0.05, 0) is 56.5 Å². The first-order valence-electron chi connectivity index (χ1n) is 9.45. The molecule has 2 saturated heterocycles. The van der Waals surface area contributed by atoms with E-state index in [0.29, 0.717) is 5.92 Å². The average molecular weight is 409 g/mol. The zero-order chi connectivity index (χ0) is 17.5. The zero-order valence-electron chi connectivity index (χ0n) is 14.8. The maximum absolute atomic E-state index is 12.0. The van der Waals surface area contributed by atoms with Crippen LogP contribution in [0.25, 0.3) is 0 Å². The Kier molecular flexibility index (Phi) is 6.99. The van der Waals surface area contributed by atoms with Crippen molar-refractivity contribution in [2.24, 2.45) is 5.92 Å². The molecule has 2 N–H and O–H groups in total. The van der Waals surface area contributed by atoms with Gasteiger partial charge in [0.2, 0.25) is 0 Å². The van der Waals surface area contributed by atoms with Crippen LogP contribution in [0.3, 0.4) is 0 Å².